The van der Waals surface area contributed by atoms with Gasteiger partial charge in [-0.25, -0.2) is 0 Å². The Labute approximate surface area is 763 Å². The van der Waals surface area contributed by atoms with Crippen molar-refractivity contribution in [3.63, 3.8) is 0 Å². The molecule has 14 nitrogen and oxygen atoms in total. The van der Waals surface area contributed by atoms with Crippen molar-refractivity contribution in [2.24, 2.45) is 9.03 Å². The normalized spacial score (nSPS) is 18.7. The first-order valence-electron chi connectivity index (χ1n) is 48.0. The van der Waals surface area contributed by atoms with Crippen molar-refractivity contribution in [1.29, 1.82) is 0 Å². The molecule has 40 rings (SSSR count). The molecule has 8 fully saturated rings. The average Bonchev–Trinajstić information content (AvgIpc) is 1.28. The van der Waals surface area contributed by atoms with E-state index in [-0.39, 0.29) is 55.6 Å². The summed E-state index contributed by atoms with van der Waals surface area (Å²) in [7, 11) is 0.848. The van der Waals surface area contributed by atoms with Crippen LogP contribution in [0.25, 0.3) is 110 Å². The minimum atomic E-state index is -2.16. The standard InChI is InChI=1S/2C25H14BNO2.2C24H15B7N2O2P2/c1-13-9-11-20-23-25(13)29-18-8-4-7-17-21(18)26(23)22-19(28-20)12-10-15-14-5-2-3-6-16(14)27(17)24(15)22;1-13-11-20-23-21(12-13)29-19-10-9-15-14-5-2-3-6-16(14)27-17-7-4-8-18(28-20)22(17)26(23)24(19)25(15)27;1-2-6-14-12(5-1)13-11-19(37(26-29(37)27-37)32-36-30-25-31(30)36)24-22-23(13)33(14)15-7-3-8-16-20(15)28(22)21-17(34-16)9-4-10-18(21)35-24;1-2-5-14-12(4-1)13-8-9-17-21-23(13)33(14)15-6-3-7-16-20(15)28(21)22-18(34-16)10-11-19(24(22)35-17)37(26-29(37)27-37)32-36-30-25-31(30)36/h2*2-12H,1H3;2*1-11H,25-26H2/q;;2*-1. The van der Waals surface area contributed by atoms with E-state index in [1.807, 2.05) is 0 Å². The molecular weight excluding hydrogens is 1690 g/mol. The maximum absolute atomic E-state index is 7.05. The van der Waals surface area contributed by atoms with Crippen LogP contribution in [0.15, 0.2) is 276 Å². The van der Waals surface area contributed by atoms with Crippen LogP contribution >= 0.6 is 27.7 Å². The molecule has 24 heterocycles. The Morgan fingerprint density at radius 2 is 0.583 bits per heavy atom. The zero-order chi connectivity index (χ0) is 84.6. The zero-order valence-electron chi connectivity index (χ0n) is 72.1. The number of rotatable bonds is 4. The van der Waals surface area contributed by atoms with Gasteiger partial charge in [0.2, 0.25) is 0 Å². The summed E-state index contributed by atoms with van der Waals surface area (Å²) < 4.78 is 74.6. The van der Waals surface area contributed by atoms with E-state index in [1.165, 1.54) is 181 Å². The van der Waals surface area contributed by atoms with E-state index in [2.05, 4.69) is 313 Å². The van der Waals surface area contributed by atoms with Gasteiger partial charge in [0.1, 0.15) is 46.0 Å². The third kappa shape index (κ3) is 7.81. The number of benzene rings is 16. The SMILES string of the molecule is Cc1cc2c3c(c1)Oc1ccc4c5ccccc5n5c4c1B3c1c(cccc1-5)O2.Cc1ccc2c3c1Oc1cccc4c1B3c1c(ccc3c5ccccc5n-4c13)O2.[B]1B2[BH2-]P12(N=[P+]1B2[BH2-]B21)c1cc2c3ccccc3n3c2c2c1Oc1cccc4c1B2c1c(cccc1-3)O4.[B]1B2[BH2-]P12(N=[P+]1B2[BH2-]B21)c1ccc2c3c1Oc1ccc4c5ccccc5n5c4c1B3c1c(cccc1-5)O2. The minimum absolute atomic E-state index is 0.00519. The Hall–Kier alpha value is -12.8. The fourth-order valence-electron chi connectivity index (χ4n) is 28.7. The number of ether oxygens (including phenoxy) is 8. The molecule has 16 aromatic carbocycles. The van der Waals surface area contributed by atoms with Crippen LogP contribution in [0, 0.1) is 13.8 Å². The molecule has 0 amide bonds. The monoisotopic (exact) mass is 1750 g/mol. The number of aryl methyl sites for hydroxylation is 2. The molecule has 20 aliphatic rings. The summed E-state index contributed by atoms with van der Waals surface area (Å²) >= 11 is 0. The van der Waals surface area contributed by atoms with Crippen LogP contribution in [0.5, 0.6) is 92.0 Å². The molecule has 0 unspecified atom stereocenters. The Kier molecular flexibility index (Phi) is 11.6. The van der Waals surface area contributed by atoms with E-state index >= 15 is 0 Å². The van der Waals surface area contributed by atoms with Gasteiger partial charge in [-0.1, -0.05) is 54.6 Å². The number of hydrogen-bond donors (Lipinski definition) is 0. The second-order valence-electron chi connectivity index (χ2n) is 42.4. The van der Waals surface area contributed by atoms with E-state index < -0.39 is 12.8 Å². The first-order valence-corrected chi connectivity index (χ1v) is 56.4. The van der Waals surface area contributed by atoms with E-state index in [4.69, 9.17) is 46.9 Å². The summed E-state index contributed by atoms with van der Waals surface area (Å²) in [5, 5.41) is 13.5. The van der Waals surface area contributed by atoms with Crippen molar-refractivity contribution < 1.29 is 37.9 Å². The molecule has 132 heavy (non-hydrogen) atoms. The second kappa shape index (κ2) is 22.1. The van der Waals surface area contributed by atoms with Crippen LogP contribution in [0.3, 0.4) is 0 Å². The summed E-state index contributed by atoms with van der Waals surface area (Å²) in [6, 6.07) is 96.3. The third-order valence-corrected chi connectivity index (χ3v) is 58.7. The predicted octanol–water partition coefficient (Wildman–Crippen LogP) is 11.4. The average molecular weight is 1740 g/mol. The van der Waals surface area contributed by atoms with Crippen molar-refractivity contribution in [3.05, 3.63) is 278 Å². The molecule has 20 aliphatic heterocycles. The summed E-state index contributed by atoms with van der Waals surface area (Å²) in [5.74, 6) is 15.7. The predicted molar refractivity (Wildman–Crippen MR) is 570 cm³/mol. The molecule has 598 valence electrons. The van der Waals surface area contributed by atoms with Crippen LogP contribution in [0.4, 0.5) is 0 Å². The van der Waals surface area contributed by atoms with Gasteiger partial charge in [0.25, 0.3) is 13.4 Å². The van der Waals surface area contributed by atoms with Crippen molar-refractivity contribution in [2.75, 3.05) is 0 Å². The number of aromatic nitrogens is 4. The van der Waals surface area contributed by atoms with E-state index in [9.17, 15) is 0 Å². The van der Waals surface area contributed by atoms with Crippen LogP contribution < -0.4 is 114 Å². The molecule has 0 atom stereocenters. The Morgan fingerprint density at radius 1 is 0.273 bits per heavy atom. The molecule has 2 radical (unpaired) electrons. The van der Waals surface area contributed by atoms with Gasteiger partial charge in [0.15, 0.2) is 0 Å². The second-order valence-corrected chi connectivity index (χ2v) is 59.5. The molecule has 8 saturated heterocycles. The van der Waals surface area contributed by atoms with Gasteiger partial charge in [-0.3, -0.25) is 0 Å². The van der Waals surface area contributed by atoms with Gasteiger partial charge < -0.3 is 28.1 Å². The van der Waals surface area contributed by atoms with Gasteiger partial charge in [0, 0.05) is 43.8 Å². The van der Waals surface area contributed by atoms with E-state index in [1.54, 1.807) is 0 Å². The number of nitrogens with zero attached hydrogens (tertiary/aromatic N) is 6. The fourth-order valence-corrected chi connectivity index (χ4v) is 54.0. The first-order chi connectivity index (χ1) is 65.1. The quantitative estimate of drug-likeness (QED) is 0.126. The fraction of sp³-hybridized carbons (Fsp3) is 0.0204. The van der Waals surface area contributed by atoms with Crippen molar-refractivity contribution >= 4 is 297 Å². The molecule has 34 heteroatoms. The van der Waals surface area contributed by atoms with Crippen LogP contribution in [-0.4, -0.2) is 124 Å². The van der Waals surface area contributed by atoms with Crippen molar-refractivity contribution in [2.45, 2.75) is 13.8 Å². The van der Waals surface area contributed by atoms with Crippen LogP contribution in [0.2, 0.25) is 0 Å². The molecular formula is C98H58B16N6O8P4-2. The molecule has 0 saturated carbocycles. The van der Waals surface area contributed by atoms with Crippen molar-refractivity contribution in [3.8, 4) is 115 Å². The number of hydrogen-bond acceptors (Lipinski definition) is 10. The van der Waals surface area contributed by atoms with E-state index in [0.717, 1.165) is 146 Å². The molecule has 0 aliphatic carbocycles. The van der Waals surface area contributed by atoms with Gasteiger partial charge >= 0.3 is 435 Å². The molecule has 0 N–H and O–H groups in total. The third-order valence-electron chi connectivity index (χ3n) is 36.1. The zero-order valence-corrected chi connectivity index (χ0v) is 75.6. The van der Waals surface area contributed by atoms with Crippen LogP contribution in [0.1, 0.15) is 11.1 Å². The Morgan fingerprint density at radius 3 is 1.02 bits per heavy atom. The summed E-state index contributed by atoms with van der Waals surface area (Å²) in [6.45, 7) is 10.2. The van der Waals surface area contributed by atoms with Gasteiger partial charge in [-0.15, -0.1) is 0 Å². The molecule has 0 spiro atoms. The summed E-state index contributed by atoms with van der Waals surface area (Å²) in [5.41, 5.74) is 32.4. The van der Waals surface area contributed by atoms with Gasteiger partial charge in [-0.05, 0) is 126 Å². The van der Waals surface area contributed by atoms with Crippen LogP contribution in [-0.2, 0) is 0 Å². The topological polar surface area (TPSA) is 118 Å². The maximum atomic E-state index is 7.05. The summed E-state index contributed by atoms with van der Waals surface area (Å²) in [4.78, 5) is 0. The number of para-hydroxylation sites is 4. The molecule has 0 bridgehead atoms. The van der Waals surface area contributed by atoms with E-state index in [0.29, 0.717) is 14.1 Å². The number of fused-ring (bicyclic) bond motifs is 20. The first kappa shape index (κ1) is 69.2. The van der Waals surface area contributed by atoms with Crippen molar-refractivity contribution in [1.82, 2.24) is 18.3 Å². The Balaban J connectivity index is 0.0000000756. The van der Waals surface area contributed by atoms with Gasteiger partial charge in [-0.2, -0.15) is 0 Å². The Bertz CT molecular complexity index is 9480. The van der Waals surface area contributed by atoms with Gasteiger partial charge in [0.05, 0.1) is 22.1 Å². The molecule has 4 aromatic heterocycles. The summed E-state index contributed by atoms with van der Waals surface area (Å²) in [6.07, 6.45) is 1.88. The molecule has 20 aromatic rings.